The molecule has 1 N–H and O–H groups in total. The van der Waals surface area contributed by atoms with E-state index < -0.39 is 0 Å². The number of benzene rings is 1. The highest BCUT2D eigenvalue weighted by Crippen LogP contribution is 2.10. The molecule has 0 saturated carbocycles. The second kappa shape index (κ2) is 3.51. The lowest BCUT2D eigenvalue weighted by Crippen LogP contribution is -3.00. The van der Waals surface area contributed by atoms with Crippen LogP contribution >= 0.6 is 0 Å². The fourth-order valence-corrected chi connectivity index (χ4v) is 1.11. The van der Waals surface area contributed by atoms with Crippen LogP contribution in [0, 0.1) is 6.08 Å². The van der Waals surface area contributed by atoms with Gasteiger partial charge in [-0.25, -0.2) is 0 Å². The standard InChI is InChI=1S/C9H8N.BrH/c1-2-4-9-7-10-6-5-8(9)3-1;/h1-4,6,10H,7H2;1H/q+1;/p-1. The summed E-state index contributed by atoms with van der Waals surface area (Å²) in [5, 5.41) is 3.10. The third kappa shape index (κ3) is 1.59. The van der Waals surface area contributed by atoms with Gasteiger partial charge in [-0.15, -0.1) is 0 Å². The Morgan fingerprint density at radius 2 is 2.09 bits per heavy atom. The van der Waals surface area contributed by atoms with E-state index in [-0.39, 0.29) is 17.0 Å². The van der Waals surface area contributed by atoms with Gasteiger partial charge in [0.05, 0.1) is 24.3 Å². The fraction of sp³-hybridized carbons (Fsp3) is 0.111. The lowest BCUT2D eigenvalue weighted by molar-refractivity contribution is -0.00000200. The molecule has 1 aliphatic rings. The topological polar surface area (TPSA) is 12.0 Å². The van der Waals surface area contributed by atoms with E-state index in [1.807, 2.05) is 18.3 Å². The number of halogens is 1. The summed E-state index contributed by atoms with van der Waals surface area (Å²) in [6, 6.07) is 8.27. The molecule has 2 rings (SSSR count). The van der Waals surface area contributed by atoms with Gasteiger partial charge < -0.3 is 22.3 Å². The molecule has 11 heavy (non-hydrogen) atoms. The molecular formula is C9H8BrN. The zero-order valence-electron chi connectivity index (χ0n) is 5.97. The molecule has 0 unspecified atom stereocenters. The van der Waals surface area contributed by atoms with E-state index in [4.69, 9.17) is 0 Å². The van der Waals surface area contributed by atoms with Crippen LogP contribution < -0.4 is 22.3 Å². The summed E-state index contributed by atoms with van der Waals surface area (Å²) in [6.07, 6.45) is 4.99. The first-order chi connectivity index (χ1) is 4.97. The van der Waals surface area contributed by atoms with E-state index >= 15 is 0 Å². The van der Waals surface area contributed by atoms with Crippen LogP contribution in [0.2, 0.25) is 0 Å². The molecule has 0 aliphatic carbocycles. The Labute approximate surface area is 76.9 Å². The van der Waals surface area contributed by atoms with Gasteiger partial charge in [-0.3, -0.25) is 0 Å². The largest absolute Gasteiger partial charge is 1.00 e. The van der Waals surface area contributed by atoms with Crippen molar-refractivity contribution in [1.82, 2.24) is 5.32 Å². The third-order valence-corrected chi connectivity index (χ3v) is 1.64. The van der Waals surface area contributed by atoms with Crippen molar-refractivity contribution < 1.29 is 17.0 Å². The predicted molar refractivity (Wildman–Crippen MR) is 40.2 cm³/mol. The number of fused-ring (bicyclic) bond motifs is 1. The molecule has 0 spiro atoms. The van der Waals surface area contributed by atoms with Gasteiger partial charge in [-0.1, -0.05) is 0 Å². The zero-order valence-corrected chi connectivity index (χ0v) is 7.56. The Balaban J connectivity index is 0.000000605. The molecule has 2 heteroatoms. The summed E-state index contributed by atoms with van der Waals surface area (Å²) in [4.78, 5) is 0. The van der Waals surface area contributed by atoms with Crippen LogP contribution in [0.4, 0.5) is 0 Å². The molecule has 1 aromatic rings. The minimum Gasteiger partial charge on any atom is -1.00 e. The van der Waals surface area contributed by atoms with Crippen LogP contribution in [0.3, 0.4) is 0 Å². The molecule has 1 nitrogen and oxygen atoms in total. The van der Waals surface area contributed by atoms with Gasteiger partial charge in [-0.05, 0) is 12.1 Å². The van der Waals surface area contributed by atoms with E-state index in [9.17, 15) is 0 Å². The van der Waals surface area contributed by atoms with Crippen molar-refractivity contribution in [3.8, 4) is 0 Å². The fourth-order valence-electron chi connectivity index (χ4n) is 1.11. The van der Waals surface area contributed by atoms with Crippen LogP contribution in [0.5, 0.6) is 0 Å². The first-order valence-corrected chi connectivity index (χ1v) is 3.36. The second-order valence-corrected chi connectivity index (χ2v) is 2.33. The molecule has 1 heterocycles. The maximum Gasteiger partial charge on any atom is 0.194 e. The first-order valence-electron chi connectivity index (χ1n) is 3.36. The van der Waals surface area contributed by atoms with Crippen LogP contribution in [-0.4, -0.2) is 0 Å². The summed E-state index contributed by atoms with van der Waals surface area (Å²) in [5.74, 6) is 0. The van der Waals surface area contributed by atoms with Gasteiger partial charge >= 0.3 is 0 Å². The van der Waals surface area contributed by atoms with Gasteiger partial charge in [-0.2, -0.15) is 0 Å². The Hall–Kier alpha value is -0.850. The van der Waals surface area contributed by atoms with Crippen molar-refractivity contribution in [3.05, 3.63) is 47.7 Å². The molecule has 0 aromatic heterocycles. The lowest BCUT2D eigenvalue weighted by Gasteiger charge is -2.00. The molecule has 1 aliphatic heterocycles. The monoisotopic (exact) mass is 209 g/mol. The maximum atomic E-state index is 3.13. The number of rotatable bonds is 0. The number of hydrogen-bond donors (Lipinski definition) is 1. The molecule has 0 fully saturated rings. The van der Waals surface area contributed by atoms with Crippen molar-refractivity contribution in [2.24, 2.45) is 0 Å². The van der Waals surface area contributed by atoms with Gasteiger partial charge in [0.25, 0.3) is 0 Å². The average molecular weight is 210 g/mol. The highest BCUT2D eigenvalue weighted by atomic mass is 79.9. The van der Waals surface area contributed by atoms with Crippen LogP contribution in [-0.2, 0) is 6.54 Å². The SMILES string of the molecule is [Br-].[C+]1=CNCc2ccccc21. The summed E-state index contributed by atoms with van der Waals surface area (Å²) in [7, 11) is 0. The smallest absolute Gasteiger partial charge is 0.194 e. The van der Waals surface area contributed by atoms with Crippen LogP contribution in [0.25, 0.3) is 0 Å². The normalized spacial score (nSPS) is 12.0. The average Bonchev–Trinajstić information content (AvgIpc) is 2.05. The third-order valence-electron chi connectivity index (χ3n) is 1.64. The van der Waals surface area contributed by atoms with Gasteiger partial charge in [0.2, 0.25) is 0 Å². The predicted octanol–water partition coefficient (Wildman–Crippen LogP) is -1.54. The summed E-state index contributed by atoms with van der Waals surface area (Å²) in [5.41, 5.74) is 2.53. The highest BCUT2D eigenvalue weighted by molar-refractivity contribution is 5.33. The zero-order chi connectivity index (χ0) is 6.81. The van der Waals surface area contributed by atoms with Crippen molar-refractivity contribution in [2.45, 2.75) is 6.54 Å². The quantitative estimate of drug-likeness (QED) is 0.512. The Bertz CT molecular complexity index is 268. The van der Waals surface area contributed by atoms with E-state index in [1.165, 1.54) is 11.1 Å². The lowest BCUT2D eigenvalue weighted by atomic mass is 10.1. The molecule has 1 aromatic carbocycles. The minimum absolute atomic E-state index is 0. The van der Waals surface area contributed by atoms with Crippen molar-refractivity contribution in [3.63, 3.8) is 0 Å². The van der Waals surface area contributed by atoms with Gasteiger partial charge in [0, 0.05) is 6.07 Å². The molecule has 56 valence electrons. The Morgan fingerprint density at radius 1 is 1.27 bits per heavy atom. The Morgan fingerprint density at radius 3 is 2.91 bits per heavy atom. The van der Waals surface area contributed by atoms with Crippen LogP contribution in [0.1, 0.15) is 11.1 Å². The van der Waals surface area contributed by atoms with Gasteiger partial charge in [0.1, 0.15) is 6.20 Å². The van der Waals surface area contributed by atoms with Crippen molar-refractivity contribution >= 4 is 0 Å². The molecule has 0 saturated heterocycles. The van der Waals surface area contributed by atoms with Crippen molar-refractivity contribution in [2.75, 3.05) is 0 Å². The molecule has 0 bridgehead atoms. The first kappa shape index (κ1) is 8.25. The Kier molecular flexibility index (Phi) is 2.64. The molecule has 0 radical (unpaired) electrons. The summed E-state index contributed by atoms with van der Waals surface area (Å²) >= 11 is 0. The second-order valence-electron chi connectivity index (χ2n) is 2.33. The highest BCUT2D eigenvalue weighted by Gasteiger charge is 2.10. The van der Waals surface area contributed by atoms with E-state index in [1.54, 1.807) is 0 Å². The molecular weight excluding hydrogens is 202 g/mol. The van der Waals surface area contributed by atoms with Crippen LogP contribution in [0.15, 0.2) is 30.5 Å². The van der Waals surface area contributed by atoms with E-state index in [2.05, 4.69) is 23.5 Å². The van der Waals surface area contributed by atoms with Gasteiger partial charge in [0.15, 0.2) is 5.56 Å². The molecule has 0 atom stereocenters. The minimum atomic E-state index is 0. The summed E-state index contributed by atoms with van der Waals surface area (Å²) in [6.45, 7) is 0.934. The number of hydrogen-bond acceptors (Lipinski definition) is 1. The van der Waals surface area contributed by atoms with E-state index in [0.717, 1.165) is 6.54 Å². The maximum absolute atomic E-state index is 3.13. The summed E-state index contributed by atoms with van der Waals surface area (Å²) < 4.78 is 0. The molecule has 0 amide bonds. The number of nitrogens with one attached hydrogen (secondary N) is 1. The van der Waals surface area contributed by atoms with Crippen molar-refractivity contribution in [1.29, 1.82) is 0 Å². The van der Waals surface area contributed by atoms with E-state index in [0.29, 0.717) is 0 Å².